The molecule has 2 N–H and O–H groups in total. The fourth-order valence-corrected chi connectivity index (χ4v) is 1.60. The minimum Gasteiger partial charge on any atom is -0.375 e. The molecule has 1 heterocycles. The third-order valence-electron chi connectivity index (χ3n) is 1.45. The van der Waals surface area contributed by atoms with Crippen molar-refractivity contribution in [2.75, 3.05) is 6.61 Å². The maximum atomic E-state index is 5.69. The van der Waals surface area contributed by atoms with E-state index in [1.54, 1.807) is 11.3 Å². The van der Waals surface area contributed by atoms with Crippen molar-refractivity contribution < 1.29 is 4.74 Å². The molecule has 12 heavy (non-hydrogen) atoms. The van der Waals surface area contributed by atoms with E-state index in [1.165, 1.54) is 0 Å². The van der Waals surface area contributed by atoms with Crippen LogP contribution >= 0.6 is 11.3 Å². The number of nitrogens with zero attached hydrogens (tertiary/aromatic N) is 1. The summed E-state index contributed by atoms with van der Waals surface area (Å²) >= 11 is 1.62. The molecule has 0 saturated carbocycles. The van der Waals surface area contributed by atoms with Crippen LogP contribution in [0, 0.1) is 0 Å². The Hall–Kier alpha value is -0.450. The second-order valence-corrected chi connectivity index (χ2v) is 3.73. The second kappa shape index (κ2) is 4.54. The van der Waals surface area contributed by atoms with Crippen LogP contribution in [0.3, 0.4) is 0 Å². The van der Waals surface area contributed by atoms with Crippen LogP contribution in [0.15, 0.2) is 6.20 Å². The van der Waals surface area contributed by atoms with Gasteiger partial charge in [0, 0.05) is 23.7 Å². The first kappa shape index (κ1) is 9.64. The Labute approximate surface area is 76.6 Å². The molecule has 1 rings (SSSR count). The highest BCUT2D eigenvalue weighted by Gasteiger charge is 2.04. The molecular weight excluding hydrogens is 172 g/mol. The van der Waals surface area contributed by atoms with Gasteiger partial charge in [-0.2, -0.15) is 0 Å². The zero-order valence-electron chi connectivity index (χ0n) is 7.41. The van der Waals surface area contributed by atoms with Crippen molar-refractivity contribution in [1.82, 2.24) is 4.98 Å². The molecule has 0 amide bonds. The predicted octanol–water partition coefficient (Wildman–Crippen LogP) is 1.70. The van der Waals surface area contributed by atoms with E-state index in [0.717, 1.165) is 16.5 Å². The molecule has 0 radical (unpaired) electrons. The number of nitrogens with two attached hydrogens (primary N) is 1. The van der Waals surface area contributed by atoms with Crippen molar-refractivity contribution in [2.24, 2.45) is 5.73 Å². The van der Waals surface area contributed by atoms with Crippen molar-refractivity contribution >= 4 is 11.3 Å². The molecule has 1 aromatic heterocycles. The van der Waals surface area contributed by atoms with Crippen LogP contribution in [0.5, 0.6) is 0 Å². The van der Waals surface area contributed by atoms with Gasteiger partial charge in [-0.15, -0.1) is 11.3 Å². The van der Waals surface area contributed by atoms with Gasteiger partial charge in [0.05, 0.1) is 6.61 Å². The molecule has 0 bridgehead atoms. The highest BCUT2D eigenvalue weighted by molar-refractivity contribution is 7.11. The summed E-state index contributed by atoms with van der Waals surface area (Å²) in [5, 5.41) is 1.00. The van der Waals surface area contributed by atoms with E-state index in [0.29, 0.717) is 6.61 Å². The molecule has 1 unspecified atom stereocenters. The topological polar surface area (TPSA) is 48.1 Å². The van der Waals surface area contributed by atoms with E-state index in [9.17, 15) is 0 Å². The number of thiazole rings is 1. The first-order chi connectivity index (χ1) is 5.74. The monoisotopic (exact) mass is 186 g/mol. The van der Waals surface area contributed by atoms with Crippen LogP contribution < -0.4 is 5.73 Å². The van der Waals surface area contributed by atoms with Gasteiger partial charge in [-0.3, -0.25) is 0 Å². The van der Waals surface area contributed by atoms with Gasteiger partial charge in [0.2, 0.25) is 0 Å². The molecular formula is C8H14N2OS. The van der Waals surface area contributed by atoms with E-state index in [1.807, 2.05) is 20.0 Å². The highest BCUT2D eigenvalue weighted by atomic mass is 32.1. The lowest BCUT2D eigenvalue weighted by atomic mass is 10.3. The van der Waals surface area contributed by atoms with Crippen LogP contribution in [0.25, 0.3) is 0 Å². The van der Waals surface area contributed by atoms with E-state index >= 15 is 0 Å². The summed E-state index contributed by atoms with van der Waals surface area (Å²) in [6.07, 6.45) is 1.82. The second-order valence-electron chi connectivity index (χ2n) is 2.58. The number of hydrogen-bond acceptors (Lipinski definition) is 4. The smallest absolute Gasteiger partial charge is 0.119 e. The summed E-state index contributed by atoms with van der Waals surface area (Å²) < 4.78 is 5.22. The Bertz CT molecular complexity index is 235. The summed E-state index contributed by atoms with van der Waals surface area (Å²) in [5.41, 5.74) is 5.69. The Morgan fingerprint density at radius 3 is 3.00 bits per heavy atom. The fraction of sp³-hybridized carbons (Fsp3) is 0.625. The van der Waals surface area contributed by atoms with Gasteiger partial charge in [-0.05, 0) is 13.8 Å². The molecule has 0 spiro atoms. The Kier molecular flexibility index (Phi) is 3.65. The van der Waals surface area contributed by atoms with Crippen molar-refractivity contribution in [3.05, 3.63) is 16.1 Å². The Balaban J connectivity index is 2.52. The molecule has 68 valence electrons. The lowest BCUT2D eigenvalue weighted by Gasteiger charge is -1.97. The standard InChI is InChI=1S/C8H14N2OS/c1-3-11-5-8-10-4-7(12-8)6(2)9/h4,6H,3,5,9H2,1-2H3. The minimum absolute atomic E-state index is 0.0814. The zero-order chi connectivity index (χ0) is 8.97. The van der Waals surface area contributed by atoms with Crippen LogP contribution in [-0.2, 0) is 11.3 Å². The third kappa shape index (κ3) is 2.55. The van der Waals surface area contributed by atoms with Gasteiger partial charge in [0.25, 0.3) is 0 Å². The summed E-state index contributed by atoms with van der Waals surface area (Å²) in [5.74, 6) is 0. The number of ether oxygens (including phenoxy) is 1. The lowest BCUT2D eigenvalue weighted by Crippen LogP contribution is -2.01. The SMILES string of the molecule is CCOCc1ncc(C(C)N)s1. The molecule has 1 aromatic rings. The van der Waals surface area contributed by atoms with Gasteiger partial charge in [-0.25, -0.2) is 4.98 Å². The van der Waals surface area contributed by atoms with Crippen molar-refractivity contribution in [1.29, 1.82) is 0 Å². The molecule has 0 saturated heterocycles. The van der Waals surface area contributed by atoms with E-state index < -0.39 is 0 Å². The Morgan fingerprint density at radius 1 is 1.75 bits per heavy atom. The number of aromatic nitrogens is 1. The average molecular weight is 186 g/mol. The molecule has 0 aliphatic rings. The van der Waals surface area contributed by atoms with Gasteiger partial charge < -0.3 is 10.5 Å². The van der Waals surface area contributed by atoms with Crippen molar-refractivity contribution in [3.63, 3.8) is 0 Å². The van der Waals surface area contributed by atoms with E-state index in [-0.39, 0.29) is 6.04 Å². The lowest BCUT2D eigenvalue weighted by molar-refractivity contribution is 0.134. The zero-order valence-corrected chi connectivity index (χ0v) is 8.23. The van der Waals surface area contributed by atoms with E-state index in [4.69, 9.17) is 10.5 Å². The van der Waals surface area contributed by atoms with Crippen molar-refractivity contribution in [2.45, 2.75) is 26.5 Å². The fourth-order valence-electron chi connectivity index (χ4n) is 0.791. The number of hydrogen-bond donors (Lipinski definition) is 1. The summed E-state index contributed by atoms with van der Waals surface area (Å²) in [6.45, 7) is 5.26. The van der Waals surface area contributed by atoms with Crippen molar-refractivity contribution in [3.8, 4) is 0 Å². The minimum atomic E-state index is 0.0814. The first-order valence-electron chi connectivity index (χ1n) is 4.02. The van der Waals surface area contributed by atoms with Gasteiger partial charge in [0.1, 0.15) is 5.01 Å². The molecule has 4 heteroatoms. The van der Waals surface area contributed by atoms with Crippen LogP contribution in [0.1, 0.15) is 29.8 Å². The van der Waals surface area contributed by atoms with Gasteiger partial charge in [-0.1, -0.05) is 0 Å². The highest BCUT2D eigenvalue weighted by Crippen LogP contribution is 2.18. The average Bonchev–Trinajstić information content (AvgIpc) is 2.48. The van der Waals surface area contributed by atoms with Crippen LogP contribution in [-0.4, -0.2) is 11.6 Å². The Morgan fingerprint density at radius 2 is 2.50 bits per heavy atom. The van der Waals surface area contributed by atoms with E-state index in [2.05, 4.69) is 4.98 Å². The summed E-state index contributed by atoms with van der Waals surface area (Å²) in [4.78, 5) is 5.30. The third-order valence-corrected chi connectivity index (χ3v) is 2.62. The molecule has 0 fully saturated rings. The maximum absolute atomic E-state index is 5.69. The molecule has 0 aliphatic carbocycles. The molecule has 0 aromatic carbocycles. The normalized spacial score (nSPS) is 13.2. The van der Waals surface area contributed by atoms with Gasteiger partial charge >= 0.3 is 0 Å². The summed E-state index contributed by atoms with van der Waals surface area (Å²) in [7, 11) is 0. The predicted molar refractivity (Wildman–Crippen MR) is 50.0 cm³/mol. The van der Waals surface area contributed by atoms with Crippen LogP contribution in [0.4, 0.5) is 0 Å². The first-order valence-corrected chi connectivity index (χ1v) is 4.83. The molecule has 1 atom stereocenters. The maximum Gasteiger partial charge on any atom is 0.119 e. The molecule has 3 nitrogen and oxygen atoms in total. The number of rotatable bonds is 4. The van der Waals surface area contributed by atoms with Crippen LogP contribution in [0.2, 0.25) is 0 Å². The quantitative estimate of drug-likeness (QED) is 0.778. The summed E-state index contributed by atoms with van der Waals surface area (Å²) in [6, 6.07) is 0.0814. The molecule has 0 aliphatic heterocycles. The van der Waals surface area contributed by atoms with Gasteiger partial charge in [0.15, 0.2) is 0 Å². The largest absolute Gasteiger partial charge is 0.375 e.